The third kappa shape index (κ3) is 2.02. The highest BCUT2D eigenvalue weighted by molar-refractivity contribution is 5.38. The summed E-state index contributed by atoms with van der Waals surface area (Å²) in [6, 6.07) is 14.4. The van der Waals surface area contributed by atoms with E-state index in [1.165, 1.54) is 11.1 Å². The SMILES string of the molecule is c1ccc(C(c2ccncc2)c2c[nH]cn2)cc1. The first-order valence-electron chi connectivity index (χ1n) is 5.88. The zero-order valence-corrected chi connectivity index (χ0v) is 9.82. The average Bonchev–Trinajstić information content (AvgIpc) is 2.95. The van der Waals surface area contributed by atoms with Gasteiger partial charge in [-0.3, -0.25) is 4.98 Å². The number of aromatic nitrogens is 3. The third-order valence-electron chi connectivity index (χ3n) is 2.99. The standard InChI is InChI=1S/C15H13N3/c1-2-4-12(5-3-1)15(14-10-17-11-18-14)13-6-8-16-9-7-13/h1-11,15H,(H,17,18). The van der Waals surface area contributed by atoms with Crippen molar-refractivity contribution < 1.29 is 0 Å². The summed E-state index contributed by atoms with van der Waals surface area (Å²) in [4.78, 5) is 11.5. The van der Waals surface area contributed by atoms with Gasteiger partial charge in [-0.15, -0.1) is 0 Å². The molecule has 0 saturated heterocycles. The maximum absolute atomic E-state index is 4.39. The molecule has 3 aromatic rings. The van der Waals surface area contributed by atoms with Crippen LogP contribution in [-0.4, -0.2) is 15.0 Å². The molecule has 1 aromatic carbocycles. The molecule has 3 heteroatoms. The topological polar surface area (TPSA) is 41.6 Å². The fourth-order valence-electron chi connectivity index (χ4n) is 2.16. The Morgan fingerprint density at radius 1 is 0.889 bits per heavy atom. The summed E-state index contributed by atoms with van der Waals surface area (Å²) in [5, 5.41) is 0. The van der Waals surface area contributed by atoms with Gasteiger partial charge in [0.25, 0.3) is 0 Å². The van der Waals surface area contributed by atoms with Gasteiger partial charge in [-0.25, -0.2) is 4.98 Å². The number of benzene rings is 1. The van der Waals surface area contributed by atoms with Crippen molar-refractivity contribution in [1.82, 2.24) is 15.0 Å². The minimum absolute atomic E-state index is 0.153. The van der Waals surface area contributed by atoms with Gasteiger partial charge in [-0.2, -0.15) is 0 Å². The van der Waals surface area contributed by atoms with Gasteiger partial charge in [0.05, 0.1) is 17.9 Å². The van der Waals surface area contributed by atoms with Gasteiger partial charge in [-0.05, 0) is 23.3 Å². The number of nitrogens with one attached hydrogen (secondary N) is 1. The Kier molecular flexibility index (Phi) is 2.88. The Bertz CT molecular complexity index is 549. The van der Waals surface area contributed by atoms with Gasteiger partial charge in [0.2, 0.25) is 0 Å². The number of rotatable bonds is 3. The fourth-order valence-corrected chi connectivity index (χ4v) is 2.16. The van der Waals surface area contributed by atoms with E-state index >= 15 is 0 Å². The van der Waals surface area contributed by atoms with Crippen LogP contribution in [-0.2, 0) is 0 Å². The fraction of sp³-hybridized carbons (Fsp3) is 0.0667. The van der Waals surface area contributed by atoms with Crippen molar-refractivity contribution in [2.75, 3.05) is 0 Å². The lowest BCUT2D eigenvalue weighted by atomic mass is 9.89. The molecule has 18 heavy (non-hydrogen) atoms. The second-order valence-electron chi connectivity index (χ2n) is 4.12. The molecule has 2 heterocycles. The number of aromatic amines is 1. The Balaban J connectivity index is 2.11. The Hall–Kier alpha value is -2.42. The molecule has 2 aromatic heterocycles. The highest BCUT2D eigenvalue weighted by Gasteiger charge is 2.17. The molecule has 0 spiro atoms. The summed E-state index contributed by atoms with van der Waals surface area (Å²) in [5.41, 5.74) is 3.45. The maximum atomic E-state index is 4.39. The van der Waals surface area contributed by atoms with Crippen molar-refractivity contribution in [3.8, 4) is 0 Å². The van der Waals surface area contributed by atoms with Crippen LogP contribution < -0.4 is 0 Å². The van der Waals surface area contributed by atoms with Crippen LogP contribution in [0.25, 0.3) is 0 Å². The van der Waals surface area contributed by atoms with Crippen LogP contribution in [0.3, 0.4) is 0 Å². The molecule has 0 aliphatic heterocycles. The van der Waals surface area contributed by atoms with Gasteiger partial charge in [0.15, 0.2) is 0 Å². The van der Waals surface area contributed by atoms with Crippen LogP contribution in [0.15, 0.2) is 67.4 Å². The van der Waals surface area contributed by atoms with Crippen molar-refractivity contribution in [2.24, 2.45) is 0 Å². The van der Waals surface area contributed by atoms with E-state index in [1.807, 2.05) is 36.8 Å². The smallest absolute Gasteiger partial charge is 0.0923 e. The number of pyridine rings is 1. The highest BCUT2D eigenvalue weighted by Crippen LogP contribution is 2.29. The molecule has 88 valence electrons. The molecular weight excluding hydrogens is 222 g/mol. The summed E-state index contributed by atoms with van der Waals surface area (Å²) in [6.07, 6.45) is 7.29. The zero-order chi connectivity index (χ0) is 12.2. The predicted octanol–water partition coefficient (Wildman–Crippen LogP) is 2.98. The number of nitrogens with zero attached hydrogens (tertiary/aromatic N) is 2. The van der Waals surface area contributed by atoms with E-state index in [0.29, 0.717) is 0 Å². The van der Waals surface area contributed by atoms with Gasteiger partial charge in [-0.1, -0.05) is 30.3 Å². The third-order valence-corrected chi connectivity index (χ3v) is 2.99. The number of hydrogen-bond acceptors (Lipinski definition) is 2. The monoisotopic (exact) mass is 235 g/mol. The van der Waals surface area contributed by atoms with Crippen molar-refractivity contribution in [3.63, 3.8) is 0 Å². The quantitative estimate of drug-likeness (QED) is 0.758. The Morgan fingerprint density at radius 3 is 2.28 bits per heavy atom. The van der Waals surface area contributed by atoms with Crippen molar-refractivity contribution >= 4 is 0 Å². The number of H-pyrrole nitrogens is 1. The average molecular weight is 235 g/mol. The van der Waals surface area contributed by atoms with Crippen LogP contribution in [0.5, 0.6) is 0 Å². The second kappa shape index (κ2) is 4.84. The minimum Gasteiger partial charge on any atom is -0.351 e. The Morgan fingerprint density at radius 2 is 1.61 bits per heavy atom. The van der Waals surface area contributed by atoms with Crippen LogP contribution in [0.2, 0.25) is 0 Å². The largest absolute Gasteiger partial charge is 0.351 e. The van der Waals surface area contributed by atoms with Crippen molar-refractivity contribution in [1.29, 1.82) is 0 Å². The molecule has 0 aliphatic rings. The van der Waals surface area contributed by atoms with E-state index < -0.39 is 0 Å². The van der Waals surface area contributed by atoms with Crippen LogP contribution in [0, 0.1) is 0 Å². The van der Waals surface area contributed by atoms with Crippen molar-refractivity contribution in [2.45, 2.75) is 5.92 Å². The molecule has 1 atom stereocenters. The lowest BCUT2D eigenvalue weighted by Crippen LogP contribution is -2.03. The van der Waals surface area contributed by atoms with Gasteiger partial charge >= 0.3 is 0 Å². The molecule has 1 unspecified atom stereocenters. The first-order valence-corrected chi connectivity index (χ1v) is 5.88. The molecule has 0 radical (unpaired) electrons. The van der Waals surface area contributed by atoms with Crippen molar-refractivity contribution in [3.05, 3.63) is 84.2 Å². The molecule has 0 fully saturated rings. The van der Waals surface area contributed by atoms with E-state index in [2.05, 4.69) is 39.2 Å². The zero-order valence-electron chi connectivity index (χ0n) is 9.82. The normalized spacial score (nSPS) is 12.2. The first kappa shape index (κ1) is 10.7. The molecule has 3 rings (SSSR count). The first-order chi connectivity index (χ1) is 8.95. The van der Waals surface area contributed by atoms with Gasteiger partial charge < -0.3 is 4.98 Å². The predicted molar refractivity (Wildman–Crippen MR) is 70.2 cm³/mol. The van der Waals surface area contributed by atoms with E-state index in [4.69, 9.17) is 0 Å². The van der Waals surface area contributed by atoms with E-state index in [1.54, 1.807) is 6.33 Å². The lowest BCUT2D eigenvalue weighted by Gasteiger charge is -2.15. The molecule has 0 saturated carbocycles. The Labute approximate surface area is 106 Å². The summed E-state index contributed by atoms with van der Waals surface area (Å²) in [7, 11) is 0. The number of hydrogen-bond donors (Lipinski definition) is 1. The minimum atomic E-state index is 0.153. The molecule has 0 aliphatic carbocycles. The summed E-state index contributed by atoms with van der Waals surface area (Å²) >= 11 is 0. The second-order valence-corrected chi connectivity index (χ2v) is 4.12. The maximum Gasteiger partial charge on any atom is 0.0923 e. The summed E-state index contributed by atoms with van der Waals surface area (Å²) < 4.78 is 0. The molecule has 0 bridgehead atoms. The molecule has 0 amide bonds. The lowest BCUT2D eigenvalue weighted by molar-refractivity contribution is 0.928. The van der Waals surface area contributed by atoms with Crippen LogP contribution >= 0.6 is 0 Å². The summed E-state index contributed by atoms with van der Waals surface area (Å²) in [5.74, 6) is 0.153. The van der Waals surface area contributed by atoms with E-state index in [-0.39, 0.29) is 5.92 Å². The van der Waals surface area contributed by atoms with Gasteiger partial charge in [0, 0.05) is 18.6 Å². The van der Waals surface area contributed by atoms with Crippen LogP contribution in [0.1, 0.15) is 22.7 Å². The molecule has 3 nitrogen and oxygen atoms in total. The highest BCUT2D eigenvalue weighted by atomic mass is 14.9. The van der Waals surface area contributed by atoms with Gasteiger partial charge in [0.1, 0.15) is 0 Å². The molecule has 1 N–H and O–H groups in total. The van der Waals surface area contributed by atoms with E-state index in [0.717, 1.165) is 5.69 Å². The van der Waals surface area contributed by atoms with E-state index in [9.17, 15) is 0 Å². The van der Waals surface area contributed by atoms with Crippen LogP contribution in [0.4, 0.5) is 0 Å². The summed E-state index contributed by atoms with van der Waals surface area (Å²) in [6.45, 7) is 0. The number of imidazole rings is 1. The molecular formula is C15H13N3.